The highest BCUT2D eigenvalue weighted by Gasteiger charge is 2.38. The van der Waals surface area contributed by atoms with Gasteiger partial charge in [-0.15, -0.1) is 0 Å². The molecule has 0 heterocycles. The highest BCUT2D eigenvalue weighted by Crippen LogP contribution is 2.38. The number of rotatable bonds is 3. The van der Waals surface area contributed by atoms with Gasteiger partial charge in [0.1, 0.15) is 0 Å². The molecule has 0 bridgehead atoms. The molecule has 1 fully saturated rings. The standard InChI is InChI=1S/C14H18Cl2N2O/c15-10-5-4-6-11(16)12(10)18-13(19)14(9-17)7-2-1-3-8-14/h4-6H,1-3,7-9,17H2,(H,18,19). The second kappa shape index (κ2) is 6.12. The molecule has 104 valence electrons. The van der Waals surface area contributed by atoms with E-state index in [1.54, 1.807) is 18.2 Å². The predicted octanol–water partition coefficient (Wildman–Crippen LogP) is 3.84. The number of amides is 1. The van der Waals surface area contributed by atoms with E-state index >= 15 is 0 Å². The Morgan fingerprint density at radius 2 is 1.79 bits per heavy atom. The zero-order valence-corrected chi connectivity index (χ0v) is 12.2. The summed E-state index contributed by atoms with van der Waals surface area (Å²) in [5.41, 5.74) is 5.85. The fourth-order valence-electron chi connectivity index (χ4n) is 2.62. The molecular weight excluding hydrogens is 283 g/mol. The van der Waals surface area contributed by atoms with Gasteiger partial charge in [-0.2, -0.15) is 0 Å². The molecule has 1 saturated carbocycles. The molecule has 1 aliphatic carbocycles. The molecule has 0 aliphatic heterocycles. The molecule has 19 heavy (non-hydrogen) atoms. The highest BCUT2D eigenvalue weighted by atomic mass is 35.5. The van der Waals surface area contributed by atoms with Gasteiger partial charge in [0.25, 0.3) is 0 Å². The maximum Gasteiger partial charge on any atom is 0.231 e. The minimum Gasteiger partial charge on any atom is -0.329 e. The van der Waals surface area contributed by atoms with E-state index in [0.29, 0.717) is 22.3 Å². The van der Waals surface area contributed by atoms with Crippen molar-refractivity contribution >= 4 is 34.8 Å². The van der Waals surface area contributed by atoms with Crippen molar-refractivity contribution in [1.29, 1.82) is 0 Å². The number of nitrogens with two attached hydrogens (primary N) is 1. The van der Waals surface area contributed by atoms with Crippen LogP contribution in [0.4, 0.5) is 5.69 Å². The van der Waals surface area contributed by atoms with Crippen LogP contribution < -0.4 is 11.1 Å². The van der Waals surface area contributed by atoms with Crippen molar-refractivity contribution in [2.24, 2.45) is 11.1 Å². The van der Waals surface area contributed by atoms with Crippen molar-refractivity contribution < 1.29 is 4.79 Å². The van der Waals surface area contributed by atoms with Crippen LogP contribution in [0, 0.1) is 5.41 Å². The molecule has 1 aromatic carbocycles. The molecule has 5 heteroatoms. The molecule has 0 spiro atoms. The number of nitrogens with one attached hydrogen (secondary N) is 1. The quantitative estimate of drug-likeness (QED) is 0.891. The largest absolute Gasteiger partial charge is 0.329 e. The third-order valence-electron chi connectivity index (χ3n) is 3.88. The van der Waals surface area contributed by atoms with Crippen molar-refractivity contribution in [3.05, 3.63) is 28.2 Å². The first-order valence-corrected chi connectivity index (χ1v) is 7.30. The van der Waals surface area contributed by atoms with Crippen molar-refractivity contribution in [1.82, 2.24) is 0 Å². The van der Waals surface area contributed by atoms with Gasteiger partial charge in [-0.3, -0.25) is 4.79 Å². The molecule has 2 rings (SSSR count). The number of carbonyl (C=O) groups is 1. The van der Waals surface area contributed by atoms with Gasteiger partial charge in [0.15, 0.2) is 0 Å². The lowest BCUT2D eigenvalue weighted by atomic mass is 9.73. The van der Waals surface area contributed by atoms with E-state index in [1.807, 2.05) is 0 Å². The summed E-state index contributed by atoms with van der Waals surface area (Å²) in [5, 5.41) is 3.75. The van der Waals surface area contributed by atoms with Gasteiger partial charge >= 0.3 is 0 Å². The smallest absolute Gasteiger partial charge is 0.231 e. The number of carbonyl (C=O) groups excluding carboxylic acids is 1. The molecule has 3 N–H and O–H groups in total. The average Bonchev–Trinajstić information content (AvgIpc) is 2.43. The summed E-state index contributed by atoms with van der Waals surface area (Å²) in [6, 6.07) is 5.16. The first kappa shape index (κ1) is 14.6. The Labute approximate surface area is 123 Å². The molecule has 0 aromatic heterocycles. The SMILES string of the molecule is NCC1(C(=O)Nc2c(Cl)cccc2Cl)CCCCC1. The highest BCUT2D eigenvalue weighted by molar-refractivity contribution is 6.39. The summed E-state index contributed by atoms with van der Waals surface area (Å²) < 4.78 is 0. The zero-order valence-electron chi connectivity index (χ0n) is 10.7. The van der Waals surface area contributed by atoms with Crippen LogP contribution in [0.5, 0.6) is 0 Å². The van der Waals surface area contributed by atoms with E-state index in [4.69, 9.17) is 28.9 Å². The van der Waals surface area contributed by atoms with Crippen LogP contribution in [0.3, 0.4) is 0 Å². The summed E-state index contributed by atoms with van der Waals surface area (Å²) in [5.74, 6) is -0.0651. The van der Waals surface area contributed by atoms with Gasteiger partial charge in [-0.1, -0.05) is 48.5 Å². The summed E-state index contributed by atoms with van der Waals surface area (Å²) in [7, 11) is 0. The van der Waals surface area contributed by atoms with E-state index in [2.05, 4.69) is 5.32 Å². The Balaban J connectivity index is 2.20. The number of hydrogen-bond donors (Lipinski definition) is 2. The van der Waals surface area contributed by atoms with E-state index < -0.39 is 5.41 Å². The molecular formula is C14H18Cl2N2O. The van der Waals surface area contributed by atoms with Gasteiger partial charge in [-0.25, -0.2) is 0 Å². The minimum absolute atomic E-state index is 0.0651. The fraction of sp³-hybridized carbons (Fsp3) is 0.500. The molecule has 3 nitrogen and oxygen atoms in total. The van der Waals surface area contributed by atoms with Crippen molar-refractivity contribution in [2.75, 3.05) is 11.9 Å². The predicted molar refractivity (Wildman–Crippen MR) is 79.7 cm³/mol. The van der Waals surface area contributed by atoms with Gasteiger partial charge in [0, 0.05) is 6.54 Å². The maximum absolute atomic E-state index is 12.5. The fourth-order valence-corrected chi connectivity index (χ4v) is 3.11. The molecule has 1 aromatic rings. The Hall–Kier alpha value is -0.770. The third kappa shape index (κ3) is 3.04. The molecule has 1 amide bonds. The van der Waals surface area contributed by atoms with Crippen molar-refractivity contribution in [3.63, 3.8) is 0 Å². The monoisotopic (exact) mass is 300 g/mol. The molecule has 0 saturated heterocycles. The van der Waals surface area contributed by atoms with Crippen molar-refractivity contribution in [2.45, 2.75) is 32.1 Å². The zero-order chi connectivity index (χ0) is 13.9. The number of para-hydroxylation sites is 1. The summed E-state index contributed by atoms with van der Waals surface area (Å²) >= 11 is 12.1. The maximum atomic E-state index is 12.5. The molecule has 0 unspecified atom stereocenters. The molecule has 0 atom stereocenters. The summed E-state index contributed by atoms with van der Waals surface area (Å²) in [6.07, 6.45) is 4.92. The number of anilines is 1. The lowest BCUT2D eigenvalue weighted by molar-refractivity contribution is -0.126. The summed E-state index contributed by atoms with van der Waals surface area (Å²) in [6.45, 7) is 0.362. The molecule has 1 aliphatic rings. The first-order valence-electron chi connectivity index (χ1n) is 6.55. The average molecular weight is 301 g/mol. The normalized spacial score (nSPS) is 18.1. The lowest BCUT2D eigenvalue weighted by Crippen LogP contribution is -2.43. The van der Waals surface area contributed by atoms with Crippen LogP contribution in [0.25, 0.3) is 0 Å². The Morgan fingerprint density at radius 1 is 1.21 bits per heavy atom. The second-order valence-electron chi connectivity index (χ2n) is 5.10. The van der Waals surface area contributed by atoms with Gasteiger partial charge in [0.05, 0.1) is 21.1 Å². The van der Waals surface area contributed by atoms with E-state index in [-0.39, 0.29) is 5.91 Å². The number of hydrogen-bond acceptors (Lipinski definition) is 2. The Morgan fingerprint density at radius 3 is 2.32 bits per heavy atom. The van der Waals surface area contributed by atoms with Crippen LogP contribution in [-0.4, -0.2) is 12.5 Å². The van der Waals surface area contributed by atoms with E-state index in [9.17, 15) is 4.79 Å². The van der Waals surface area contributed by atoms with Crippen LogP contribution >= 0.6 is 23.2 Å². The first-order chi connectivity index (χ1) is 9.09. The Bertz CT molecular complexity index is 450. The third-order valence-corrected chi connectivity index (χ3v) is 4.51. The van der Waals surface area contributed by atoms with Gasteiger partial charge in [-0.05, 0) is 25.0 Å². The Kier molecular flexibility index (Phi) is 4.71. The van der Waals surface area contributed by atoms with E-state index in [0.717, 1.165) is 25.7 Å². The second-order valence-corrected chi connectivity index (χ2v) is 5.91. The minimum atomic E-state index is -0.471. The number of benzene rings is 1. The van der Waals surface area contributed by atoms with E-state index in [1.165, 1.54) is 6.42 Å². The topological polar surface area (TPSA) is 55.1 Å². The van der Waals surface area contributed by atoms with Crippen molar-refractivity contribution in [3.8, 4) is 0 Å². The van der Waals surface area contributed by atoms with Gasteiger partial charge < -0.3 is 11.1 Å². The number of halogens is 2. The van der Waals surface area contributed by atoms with Gasteiger partial charge in [0.2, 0.25) is 5.91 Å². The van der Waals surface area contributed by atoms with Crippen LogP contribution in [-0.2, 0) is 4.79 Å². The lowest BCUT2D eigenvalue weighted by Gasteiger charge is -2.34. The van der Waals surface area contributed by atoms with Crippen LogP contribution in [0.1, 0.15) is 32.1 Å². The van der Waals surface area contributed by atoms with Crippen LogP contribution in [0.2, 0.25) is 10.0 Å². The molecule has 0 radical (unpaired) electrons. The summed E-state index contributed by atoms with van der Waals surface area (Å²) in [4.78, 5) is 12.5. The van der Waals surface area contributed by atoms with Crippen LogP contribution in [0.15, 0.2) is 18.2 Å².